The van der Waals surface area contributed by atoms with Gasteiger partial charge in [0.05, 0.1) is 10.6 Å². The Hall–Kier alpha value is -2.14. The average Bonchev–Trinajstić information content (AvgIpc) is 3.23. The van der Waals surface area contributed by atoms with Crippen molar-refractivity contribution in [1.82, 2.24) is 9.19 Å². The number of rotatable bonds is 3. The van der Waals surface area contributed by atoms with Gasteiger partial charge in [-0.1, -0.05) is 30.3 Å². The molecule has 1 aliphatic rings. The molecule has 1 aliphatic carbocycles. The Labute approximate surface area is 123 Å². The van der Waals surface area contributed by atoms with E-state index in [1.165, 1.54) is 6.20 Å². The predicted octanol–water partition coefficient (Wildman–Crippen LogP) is 3.15. The van der Waals surface area contributed by atoms with Crippen LogP contribution >= 0.6 is 0 Å². The molecule has 1 saturated carbocycles. The molecule has 3 aromatic rings. The molecule has 1 heterocycles. The van der Waals surface area contributed by atoms with Crippen LogP contribution in [0.3, 0.4) is 0 Å². The zero-order chi connectivity index (χ0) is 14.4. The van der Waals surface area contributed by atoms with Crippen molar-refractivity contribution >= 4 is 20.8 Å². The van der Waals surface area contributed by atoms with Crippen LogP contribution in [0.15, 0.2) is 59.6 Å². The van der Waals surface area contributed by atoms with Crippen LogP contribution in [0.2, 0.25) is 0 Å². The van der Waals surface area contributed by atoms with Crippen LogP contribution in [-0.2, 0) is 10.0 Å². The Kier molecular flexibility index (Phi) is 2.65. The summed E-state index contributed by atoms with van der Waals surface area (Å²) >= 11 is 0. The van der Waals surface area contributed by atoms with E-state index in [4.69, 9.17) is 0 Å². The van der Waals surface area contributed by atoms with E-state index in [1.54, 1.807) is 18.2 Å². The van der Waals surface area contributed by atoms with E-state index >= 15 is 0 Å². The van der Waals surface area contributed by atoms with Crippen molar-refractivity contribution in [3.63, 3.8) is 0 Å². The lowest BCUT2D eigenvalue weighted by atomic mass is 10.1. The lowest BCUT2D eigenvalue weighted by Crippen LogP contribution is -2.13. The van der Waals surface area contributed by atoms with Crippen molar-refractivity contribution in [3.05, 3.63) is 60.4 Å². The smallest absolute Gasteiger partial charge is 0.199 e. The lowest BCUT2D eigenvalue weighted by Gasteiger charge is -2.06. The monoisotopic (exact) mass is 298 g/mol. The topological polar surface area (TPSA) is 52.0 Å². The maximum atomic E-state index is 12.6. The molecule has 1 aromatic heterocycles. The quantitative estimate of drug-likeness (QED) is 0.746. The summed E-state index contributed by atoms with van der Waals surface area (Å²) in [5.41, 5.74) is 0.874. The second-order valence-corrected chi connectivity index (χ2v) is 7.20. The van der Waals surface area contributed by atoms with Gasteiger partial charge in [-0.3, -0.25) is 0 Å². The summed E-state index contributed by atoms with van der Waals surface area (Å²) in [5.74, 6) is 0.443. The third-order valence-electron chi connectivity index (χ3n) is 3.85. The Morgan fingerprint density at radius 1 is 1.00 bits per heavy atom. The van der Waals surface area contributed by atoms with Gasteiger partial charge in [-0.05, 0) is 41.8 Å². The predicted molar refractivity (Wildman–Crippen MR) is 80.7 cm³/mol. The summed E-state index contributed by atoms with van der Waals surface area (Å²) in [6.07, 6.45) is 3.75. The maximum absolute atomic E-state index is 12.6. The summed E-state index contributed by atoms with van der Waals surface area (Å²) < 4.78 is 26.4. The SMILES string of the molecule is O=S(=O)(c1ccc2ccccc2c1)n1ccc(C2CC2)n1. The molecular weight excluding hydrogens is 284 g/mol. The van der Waals surface area contributed by atoms with Crippen molar-refractivity contribution < 1.29 is 8.42 Å². The van der Waals surface area contributed by atoms with Crippen LogP contribution in [0.4, 0.5) is 0 Å². The van der Waals surface area contributed by atoms with E-state index in [9.17, 15) is 8.42 Å². The number of nitrogens with zero attached hydrogens (tertiary/aromatic N) is 2. The zero-order valence-electron chi connectivity index (χ0n) is 11.3. The highest BCUT2D eigenvalue weighted by molar-refractivity contribution is 7.89. The molecule has 0 spiro atoms. The molecule has 2 aromatic carbocycles. The van der Waals surface area contributed by atoms with Gasteiger partial charge in [-0.25, -0.2) is 0 Å². The van der Waals surface area contributed by atoms with Gasteiger partial charge in [0, 0.05) is 12.1 Å². The Balaban J connectivity index is 1.80. The van der Waals surface area contributed by atoms with Gasteiger partial charge in [-0.15, -0.1) is 0 Å². The van der Waals surface area contributed by atoms with E-state index in [0.717, 1.165) is 33.4 Å². The molecule has 0 amide bonds. The Morgan fingerprint density at radius 3 is 2.52 bits per heavy atom. The van der Waals surface area contributed by atoms with Crippen LogP contribution in [0.25, 0.3) is 10.8 Å². The first-order valence-electron chi connectivity index (χ1n) is 6.94. The minimum Gasteiger partial charge on any atom is -0.199 e. The number of hydrogen-bond acceptors (Lipinski definition) is 3. The summed E-state index contributed by atoms with van der Waals surface area (Å²) in [5, 5.41) is 6.16. The standard InChI is InChI=1S/C16H14N2O2S/c19-21(20,18-10-9-16(17-18)13-5-6-13)15-8-7-12-3-1-2-4-14(12)11-15/h1-4,7-11,13H,5-6H2. The molecule has 0 radical (unpaired) electrons. The van der Waals surface area contributed by atoms with Gasteiger partial charge < -0.3 is 0 Å². The molecule has 0 unspecified atom stereocenters. The largest absolute Gasteiger partial charge is 0.282 e. The number of aromatic nitrogens is 2. The zero-order valence-corrected chi connectivity index (χ0v) is 12.1. The van der Waals surface area contributed by atoms with Gasteiger partial charge in [0.25, 0.3) is 10.0 Å². The number of fused-ring (bicyclic) bond motifs is 1. The van der Waals surface area contributed by atoms with E-state index in [1.807, 2.05) is 30.3 Å². The molecule has 0 atom stereocenters. The van der Waals surface area contributed by atoms with Crippen molar-refractivity contribution in [2.24, 2.45) is 0 Å². The minimum atomic E-state index is -3.61. The molecule has 0 N–H and O–H groups in total. The van der Waals surface area contributed by atoms with E-state index in [2.05, 4.69) is 5.10 Å². The van der Waals surface area contributed by atoms with E-state index in [-0.39, 0.29) is 4.90 Å². The number of benzene rings is 2. The van der Waals surface area contributed by atoms with Crippen molar-refractivity contribution in [2.45, 2.75) is 23.7 Å². The third-order valence-corrected chi connectivity index (χ3v) is 5.39. The van der Waals surface area contributed by atoms with E-state index in [0.29, 0.717) is 5.92 Å². The van der Waals surface area contributed by atoms with Gasteiger partial charge in [-0.2, -0.15) is 17.6 Å². The molecule has 0 saturated heterocycles. The molecule has 5 heteroatoms. The summed E-state index contributed by atoms with van der Waals surface area (Å²) in [4.78, 5) is 0.270. The van der Waals surface area contributed by atoms with Gasteiger partial charge in [0.1, 0.15) is 0 Å². The molecule has 4 rings (SSSR count). The van der Waals surface area contributed by atoms with Crippen LogP contribution in [0.1, 0.15) is 24.5 Å². The first-order valence-corrected chi connectivity index (χ1v) is 8.38. The Morgan fingerprint density at radius 2 is 1.76 bits per heavy atom. The maximum Gasteiger partial charge on any atom is 0.282 e. The van der Waals surface area contributed by atoms with Crippen LogP contribution in [0, 0.1) is 0 Å². The molecule has 1 fully saturated rings. The normalized spacial score (nSPS) is 15.4. The minimum absolute atomic E-state index is 0.270. The fraction of sp³-hybridized carbons (Fsp3) is 0.188. The first-order chi connectivity index (χ1) is 10.1. The molecule has 4 nitrogen and oxygen atoms in total. The summed E-state index contributed by atoms with van der Waals surface area (Å²) in [6.45, 7) is 0. The molecule has 0 aliphatic heterocycles. The lowest BCUT2D eigenvalue weighted by molar-refractivity contribution is 0.579. The molecule has 21 heavy (non-hydrogen) atoms. The molecular formula is C16H14N2O2S. The highest BCUT2D eigenvalue weighted by atomic mass is 32.2. The van der Waals surface area contributed by atoms with Gasteiger partial charge >= 0.3 is 0 Å². The van der Waals surface area contributed by atoms with Crippen molar-refractivity contribution in [1.29, 1.82) is 0 Å². The van der Waals surface area contributed by atoms with Gasteiger partial charge in [0.15, 0.2) is 0 Å². The van der Waals surface area contributed by atoms with E-state index < -0.39 is 10.0 Å². The highest BCUT2D eigenvalue weighted by Crippen LogP contribution is 2.39. The second-order valence-electron chi connectivity index (χ2n) is 5.40. The van der Waals surface area contributed by atoms with Crippen LogP contribution in [-0.4, -0.2) is 17.6 Å². The summed E-state index contributed by atoms with van der Waals surface area (Å²) in [7, 11) is -3.61. The Bertz CT molecular complexity index is 924. The summed E-state index contributed by atoms with van der Waals surface area (Å²) in [6, 6.07) is 14.7. The van der Waals surface area contributed by atoms with Crippen LogP contribution in [0.5, 0.6) is 0 Å². The third kappa shape index (κ3) is 2.14. The fourth-order valence-electron chi connectivity index (χ4n) is 2.49. The molecule has 0 bridgehead atoms. The highest BCUT2D eigenvalue weighted by Gasteiger charge is 2.27. The van der Waals surface area contributed by atoms with Gasteiger partial charge in [0.2, 0.25) is 0 Å². The fourth-order valence-corrected chi connectivity index (χ4v) is 3.64. The van der Waals surface area contributed by atoms with Crippen molar-refractivity contribution in [2.75, 3.05) is 0 Å². The van der Waals surface area contributed by atoms with Crippen molar-refractivity contribution in [3.8, 4) is 0 Å². The first kappa shape index (κ1) is 12.6. The van der Waals surface area contributed by atoms with Crippen LogP contribution < -0.4 is 0 Å². The number of hydrogen-bond donors (Lipinski definition) is 0. The molecule has 106 valence electrons. The average molecular weight is 298 g/mol. The second kappa shape index (κ2) is 4.43.